The van der Waals surface area contributed by atoms with Crippen LogP contribution in [0.2, 0.25) is 0 Å². The van der Waals surface area contributed by atoms with Crippen LogP contribution in [0.15, 0.2) is 72.8 Å². The first-order chi connectivity index (χ1) is 13.7. The Morgan fingerprint density at radius 3 is 0.929 bits per heavy atom. The summed E-state index contributed by atoms with van der Waals surface area (Å²) < 4.78 is 21.0. The van der Waals surface area contributed by atoms with Gasteiger partial charge in [0.1, 0.15) is 0 Å². The van der Waals surface area contributed by atoms with E-state index in [-0.39, 0.29) is 0 Å². The summed E-state index contributed by atoms with van der Waals surface area (Å²) in [7, 11) is 0. The van der Waals surface area contributed by atoms with Gasteiger partial charge in [-0.25, -0.2) is 0 Å². The van der Waals surface area contributed by atoms with E-state index >= 15 is 0 Å². The van der Waals surface area contributed by atoms with Gasteiger partial charge < -0.3 is 0 Å². The van der Waals surface area contributed by atoms with Crippen molar-refractivity contribution in [1.29, 1.82) is 0 Å². The van der Waals surface area contributed by atoms with Gasteiger partial charge in [0.25, 0.3) is 0 Å². The van der Waals surface area contributed by atoms with Gasteiger partial charge >= 0.3 is 173 Å². The van der Waals surface area contributed by atoms with Crippen LogP contribution < -0.4 is 27.3 Å². The minimum atomic E-state index is -1.68. The van der Waals surface area contributed by atoms with E-state index in [0.29, 0.717) is 19.8 Å². The quantitative estimate of drug-likeness (QED) is 0.480. The number of ether oxygens (including phenoxy) is 3. The van der Waals surface area contributed by atoms with Gasteiger partial charge in [0.05, 0.1) is 0 Å². The van der Waals surface area contributed by atoms with Crippen molar-refractivity contribution < 1.29 is 14.2 Å². The van der Waals surface area contributed by atoms with Gasteiger partial charge in [-0.15, -0.1) is 0 Å². The summed E-state index contributed by atoms with van der Waals surface area (Å²) in [6, 6.07) is 25.7. The third-order valence-electron chi connectivity index (χ3n) is 4.22. The molecule has 0 unspecified atom stereocenters. The molecular weight excluding hydrogens is 411 g/mol. The fourth-order valence-corrected chi connectivity index (χ4v) is 7.71. The maximum atomic E-state index is 5.62. The zero-order valence-electron chi connectivity index (χ0n) is 16.7. The summed E-state index contributed by atoms with van der Waals surface area (Å²) in [6.07, 6.45) is 0. The predicted octanol–water partition coefficient (Wildman–Crippen LogP) is 3.40. The van der Waals surface area contributed by atoms with Gasteiger partial charge in [0.2, 0.25) is 0 Å². The molecule has 0 radical (unpaired) electrons. The van der Waals surface area contributed by atoms with E-state index in [0.717, 1.165) is 17.2 Å². The molecule has 0 fully saturated rings. The van der Waals surface area contributed by atoms with E-state index < -0.39 is 14.7 Å². The molecule has 0 N–H and O–H groups in total. The summed E-state index contributed by atoms with van der Waals surface area (Å²) in [6.45, 7) is 8.05. The Labute approximate surface area is 172 Å². The van der Waals surface area contributed by atoms with E-state index in [4.69, 9.17) is 14.2 Å². The summed E-state index contributed by atoms with van der Waals surface area (Å²) in [5, 5.41) is 0. The van der Waals surface area contributed by atoms with Crippen LogP contribution in [0.1, 0.15) is 20.8 Å². The molecular formula is C24H27AsO3. The SMILES string of the molecule is CCOc1ccc([As](c2ccc(OCC)cc2)c2ccc(OCC)cc2)cc1. The Kier molecular flexibility index (Phi) is 7.45. The topological polar surface area (TPSA) is 27.7 Å². The van der Waals surface area contributed by atoms with Crippen LogP contribution in [0.3, 0.4) is 0 Å². The summed E-state index contributed by atoms with van der Waals surface area (Å²) >= 11 is -1.68. The zero-order valence-corrected chi connectivity index (χ0v) is 18.6. The van der Waals surface area contributed by atoms with Crippen molar-refractivity contribution in [3.8, 4) is 17.2 Å². The molecule has 28 heavy (non-hydrogen) atoms. The summed E-state index contributed by atoms with van der Waals surface area (Å²) in [5.41, 5.74) is 0. The maximum absolute atomic E-state index is 5.62. The fraction of sp³-hybridized carbons (Fsp3) is 0.250. The molecule has 3 aromatic rings. The Hall–Kier alpha value is -2.38. The number of hydrogen-bond acceptors (Lipinski definition) is 3. The second kappa shape index (κ2) is 10.2. The average molecular weight is 438 g/mol. The monoisotopic (exact) mass is 438 g/mol. The zero-order chi connectivity index (χ0) is 19.8. The molecule has 3 nitrogen and oxygen atoms in total. The van der Waals surface area contributed by atoms with E-state index in [1.807, 2.05) is 20.8 Å². The summed E-state index contributed by atoms with van der Waals surface area (Å²) in [4.78, 5) is 0. The van der Waals surface area contributed by atoms with Crippen LogP contribution in [-0.4, -0.2) is 34.5 Å². The molecule has 0 heterocycles. The van der Waals surface area contributed by atoms with Gasteiger partial charge in [-0.05, 0) is 0 Å². The van der Waals surface area contributed by atoms with E-state index in [1.54, 1.807) is 0 Å². The average Bonchev–Trinajstić information content (AvgIpc) is 2.73. The van der Waals surface area contributed by atoms with Crippen LogP contribution in [0.5, 0.6) is 17.2 Å². The molecule has 0 aliphatic carbocycles. The molecule has 0 spiro atoms. The molecule has 146 valence electrons. The van der Waals surface area contributed by atoms with Crippen molar-refractivity contribution in [2.75, 3.05) is 19.8 Å². The van der Waals surface area contributed by atoms with E-state index in [1.165, 1.54) is 13.1 Å². The molecule has 0 aliphatic rings. The molecule has 0 aliphatic heterocycles. The van der Waals surface area contributed by atoms with Crippen molar-refractivity contribution in [3.05, 3.63) is 72.8 Å². The first kappa shape index (κ1) is 20.4. The standard InChI is InChI=1S/C24H27AsO3/c1-4-26-22-13-7-19(8-14-22)25(20-9-15-23(16-10-20)27-5-2)21-11-17-24(18-12-21)28-6-3/h7-18H,4-6H2,1-3H3. The third-order valence-corrected chi connectivity index (χ3v) is 9.34. The Morgan fingerprint density at radius 1 is 0.464 bits per heavy atom. The predicted molar refractivity (Wildman–Crippen MR) is 117 cm³/mol. The third kappa shape index (κ3) is 5.11. The fourth-order valence-electron chi connectivity index (χ4n) is 3.02. The van der Waals surface area contributed by atoms with E-state index in [2.05, 4.69) is 72.8 Å². The van der Waals surface area contributed by atoms with Crippen molar-refractivity contribution in [1.82, 2.24) is 0 Å². The number of rotatable bonds is 9. The van der Waals surface area contributed by atoms with Crippen molar-refractivity contribution in [2.45, 2.75) is 20.8 Å². The first-order valence-electron chi connectivity index (χ1n) is 9.73. The van der Waals surface area contributed by atoms with E-state index in [9.17, 15) is 0 Å². The van der Waals surface area contributed by atoms with Crippen molar-refractivity contribution in [3.63, 3.8) is 0 Å². The van der Waals surface area contributed by atoms with Crippen molar-refractivity contribution >= 4 is 27.7 Å². The van der Waals surface area contributed by atoms with Gasteiger partial charge in [0, 0.05) is 0 Å². The number of hydrogen-bond donors (Lipinski definition) is 0. The molecule has 0 atom stereocenters. The van der Waals surface area contributed by atoms with Crippen LogP contribution in [-0.2, 0) is 0 Å². The summed E-state index contributed by atoms with van der Waals surface area (Å²) in [5.74, 6) is 2.75. The van der Waals surface area contributed by atoms with Crippen LogP contribution in [0, 0.1) is 0 Å². The van der Waals surface area contributed by atoms with Gasteiger partial charge in [-0.1, -0.05) is 0 Å². The van der Waals surface area contributed by atoms with Gasteiger partial charge in [-0.3, -0.25) is 0 Å². The Balaban J connectivity index is 1.97. The van der Waals surface area contributed by atoms with Crippen LogP contribution >= 0.6 is 0 Å². The van der Waals surface area contributed by atoms with Crippen molar-refractivity contribution in [2.24, 2.45) is 0 Å². The first-order valence-corrected chi connectivity index (χ1v) is 12.5. The molecule has 0 amide bonds. The van der Waals surface area contributed by atoms with Crippen LogP contribution in [0.4, 0.5) is 0 Å². The van der Waals surface area contributed by atoms with Crippen LogP contribution in [0.25, 0.3) is 0 Å². The second-order valence-electron chi connectivity index (χ2n) is 6.12. The second-order valence-corrected chi connectivity index (χ2v) is 10.8. The Morgan fingerprint density at radius 2 is 0.714 bits per heavy atom. The molecule has 0 saturated heterocycles. The molecule has 0 aromatic heterocycles. The molecule has 4 heteroatoms. The molecule has 0 saturated carbocycles. The normalized spacial score (nSPS) is 10.7. The molecule has 0 bridgehead atoms. The number of benzene rings is 3. The van der Waals surface area contributed by atoms with Gasteiger partial charge in [0.15, 0.2) is 0 Å². The molecule has 3 aromatic carbocycles. The molecule has 3 rings (SSSR count). The minimum absolute atomic E-state index is 0.679. The van der Waals surface area contributed by atoms with Gasteiger partial charge in [-0.2, -0.15) is 0 Å². The Bertz CT molecular complexity index is 725.